The smallest absolute Gasteiger partial charge is 0.185 e. The highest BCUT2D eigenvalue weighted by atomic mass is 32.1. The summed E-state index contributed by atoms with van der Waals surface area (Å²) in [5.41, 5.74) is 1.34. The van der Waals surface area contributed by atoms with Gasteiger partial charge in [0.15, 0.2) is 6.29 Å². The average molecular weight is 311 g/mol. The van der Waals surface area contributed by atoms with Crippen molar-refractivity contribution in [2.45, 2.75) is 45.6 Å². The predicted octanol–water partition coefficient (Wildman–Crippen LogP) is 2.78. The number of hydrogen-bond acceptors (Lipinski definition) is 5. The van der Waals surface area contributed by atoms with Crippen LogP contribution in [-0.2, 0) is 16.0 Å². The molecule has 0 radical (unpaired) electrons. The minimum absolute atomic E-state index is 0.160. The Bertz CT molecular complexity index is 468. The first kappa shape index (κ1) is 15.4. The van der Waals surface area contributed by atoms with Crippen LogP contribution in [0.5, 0.6) is 0 Å². The van der Waals surface area contributed by atoms with E-state index in [1.807, 2.05) is 0 Å². The topological polar surface area (TPSA) is 41.9 Å². The summed E-state index contributed by atoms with van der Waals surface area (Å²) in [7, 11) is 0. The summed E-state index contributed by atoms with van der Waals surface area (Å²) in [4.78, 5) is 3.79. The van der Waals surface area contributed by atoms with E-state index in [9.17, 15) is 5.11 Å². The Morgan fingerprint density at radius 1 is 1.38 bits per heavy atom. The maximum Gasteiger partial charge on any atom is 0.185 e. The van der Waals surface area contributed by atoms with Gasteiger partial charge in [-0.15, -0.1) is 11.3 Å². The van der Waals surface area contributed by atoms with Crippen molar-refractivity contribution in [3.8, 4) is 0 Å². The van der Waals surface area contributed by atoms with Crippen molar-refractivity contribution in [2.75, 3.05) is 26.3 Å². The van der Waals surface area contributed by atoms with E-state index in [0.29, 0.717) is 13.2 Å². The summed E-state index contributed by atoms with van der Waals surface area (Å²) in [5, 5.41) is 12.2. The molecule has 2 aliphatic heterocycles. The fourth-order valence-electron chi connectivity index (χ4n) is 3.39. The van der Waals surface area contributed by atoms with Gasteiger partial charge in [-0.1, -0.05) is 13.8 Å². The number of aliphatic hydroxyl groups excluding tert-OH is 1. The molecule has 1 atom stereocenters. The van der Waals surface area contributed by atoms with Gasteiger partial charge in [-0.2, -0.15) is 0 Å². The van der Waals surface area contributed by atoms with E-state index in [-0.39, 0.29) is 17.8 Å². The van der Waals surface area contributed by atoms with E-state index in [1.54, 1.807) is 11.3 Å². The van der Waals surface area contributed by atoms with Gasteiger partial charge < -0.3 is 14.6 Å². The van der Waals surface area contributed by atoms with Gasteiger partial charge in [0, 0.05) is 30.1 Å². The number of aliphatic hydroxyl groups is 1. The molecule has 5 heteroatoms. The second-order valence-corrected chi connectivity index (χ2v) is 7.89. The third-order valence-corrected chi connectivity index (χ3v) is 5.16. The Labute approximate surface area is 130 Å². The fraction of sp³-hybridized carbons (Fsp3) is 0.750. The van der Waals surface area contributed by atoms with Crippen LogP contribution >= 0.6 is 11.3 Å². The molecule has 0 bridgehead atoms. The molecule has 2 fully saturated rings. The van der Waals surface area contributed by atoms with Crippen LogP contribution in [0.1, 0.15) is 43.4 Å². The zero-order valence-electron chi connectivity index (χ0n) is 12.9. The zero-order chi connectivity index (χ0) is 14.9. The minimum Gasteiger partial charge on any atom is -0.393 e. The van der Waals surface area contributed by atoms with Gasteiger partial charge in [0.05, 0.1) is 19.3 Å². The summed E-state index contributed by atoms with van der Waals surface area (Å²) < 4.78 is 11.3. The second-order valence-electron chi connectivity index (χ2n) is 6.89. The standard InChI is InChI=1S/C16H25NO3S/c1-16(2)9-12(18)3-5-17(11-16)10-14-13(4-8-21-14)15-19-6-7-20-15/h4,8,12,15,18H,3,5-7,9-11H2,1-2H3. The molecule has 1 N–H and O–H groups in total. The summed E-state index contributed by atoms with van der Waals surface area (Å²) in [6, 6.07) is 2.12. The first-order valence-electron chi connectivity index (χ1n) is 7.73. The second kappa shape index (κ2) is 6.34. The van der Waals surface area contributed by atoms with Crippen molar-refractivity contribution in [1.29, 1.82) is 0 Å². The number of rotatable bonds is 3. The molecule has 3 heterocycles. The summed E-state index contributed by atoms with van der Waals surface area (Å²) in [5.74, 6) is 0. The number of likely N-dealkylation sites (tertiary alicyclic amines) is 1. The molecule has 1 aromatic rings. The van der Waals surface area contributed by atoms with Crippen molar-refractivity contribution in [3.05, 3.63) is 21.9 Å². The molecule has 1 unspecified atom stereocenters. The van der Waals surface area contributed by atoms with Crippen LogP contribution < -0.4 is 0 Å². The molecule has 118 valence electrons. The first-order valence-corrected chi connectivity index (χ1v) is 8.61. The van der Waals surface area contributed by atoms with Crippen molar-refractivity contribution in [3.63, 3.8) is 0 Å². The van der Waals surface area contributed by atoms with E-state index < -0.39 is 0 Å². The van der Waals surface area contributed by atoms with Gasteiger partial charge in [-0.25, -0.2) is 0 Å². The van der Waals surface area contributed by atoms with Crippen LogP contribution in [0, 0.1) is 5.41 Å². The Hall–Kier alpha value is -0.460. The normalized spacial score (nSPS) is 27.9. The largest absolute Gasteiger partial charge is 0.393 e. The molecule has 0 spiro atoms. The lowest BCUT2D eigenvalue weighted by molar-refractivity contribution is -0.0447. The number of hydrogen-bond donors (Lipinski definition) is 1. The van der Waals surface area contributed by atoms with Crippen LogP contribution in [0.4, 0.5) is 0 Å². The predicted molar refractivity (Wildman–Crippen MR) is 83.3 cm³/mol. The highest BCUT2D eigenvalue weighted by Crippen LogP contribution is 2.33. The molecule has 1 aromatic heterocycles. The van der Waals surface area contributed by atoms with E-state index in [1.165, 1.54) is 10.4 Å². The van der Waals surface area contributed by atoms with Crippen molar-refractivity contribution in [1.82, 2.24) is 4.90 Å². The lowest BCUT2D eigenvalue weighted by Crippen LogP contribution is -2.32. The molecule has 3 rings (SSSR count). The minimum atomic E-state index is -0.183. The van der Waals surface area contributed by atoms with Gasteiger partial charge in [-0.3, -0.25) is 4.90 Å². The molecule has 2 aliphatic rings. The Morgan fingerprint density at radius 2 is 2.14 bits per heavy atom. The van der Waals surface area contributed by atoms with Crippen LogP contribution in [0.3, 0.4) is 0 Å². The fourth-order valence-corrected chi connectivity index (χ4v) is 4.32. The van der Waals surface area contributed by atoms with E-state index >= 15 is 0 Å². The van der Waals surface area contributed by atoms with Gasteiger partial charge in [0.2, 0.25) is 0 Å². The highest BCUT2D eigenvalue weighted by Gasteiger charge is 2.30. The summed E-state index contributed by atoms with van der Waals surface area (Å²) in [6.07, 6.45) is 1.39. The van der Waals surface area contributed by atoms with Crippen molar-refractivity contribution < 1.29 is 14.6 Å². The Morgan fingerprint density at radius 3 is 2.90 bits per heavy atom. The SMILES string of the molecule is CC1(C)CC(O)CCN(Cc2sccc2C2OCCO2)C1. The number of ether oxygens (including phenoxy) is 2. The van der Waals surface area contributed by atoms with Crippen molar-refractivity contribution in [2.24, 2.45) is 5.41 Å². The van der Waals surface area contributed by atoms with Gasteiger partial charge in [0.1, 0.15) is 0 Å². The lowest BCUT2D eigenvalue weighted by atomic mass is 9.87. The number of thiophene rings is 1. The average Bonchev–Trinajstić information content (AvgIpc) is 3.02. The van der Waals surface area contributed by atoms with Crippen LogP contribution in [0.25, 0.3) is 0 Å². The van der Waals surface area contributed by atoms with Gasteiger partial charge in [0.25, 0.3) is 0 Å². The molecule has 2 saturated heterocycles. The van der Waals surface area contributed by atoms with Crippen molar-refractivity contribution >= 4 is 11.3 Å². The summed E-state index contributed by atoms with van der Waals surface area (Å²) >= 11 is 1.77. The molecule has 0 saturated carbocycles. The van der Waals surface area contributed by atoms with Gasteiger partial charge in [-0.05, 0) is 29.7 Å². The van der Waals surface area contributed by atoms with E-state index in [0.717, 1.165) is 32.5 Å². The number of nitrogens with zero attached hydrogens (tertiary/aromatic N) is 1. The third kappa shape index (κ3) is 3.85. The molecule has 21 heavy (non-hydrogen) atoms. The Kier molecular flexibility index (Phi) is 4.66. The van der Waals surface area contributed by atoms with E-state index in [2.05, 4.69) is 30.2 Å². The monoisotopic (exact) mass is 311 g/mol. The molecular weight excluding hydrogens is 286 g/mol. The maximum absolute atomic E-state index is 10.0. The highest BCUT2D eigenvalue weighted by molar-refractivity contribution is 7.10. The molecule has 0 amide bonds. The molecular formula is C16H25NO3S. The zero-order valence-corrected chi connectivity index (χ0v) is 13.7. The third-order valence-electron chi connectivity index (χ3n) is 4.24. The maximum atomic E-state index is 10.0. The summed E-state index contributed by atoms with van der Waals surface area (Å²) in [6.45, 7) is 8.75. The quantitative estimate of drug-likeness (QED) is 0.932. The van der Waals surface area contributed by atoms with Crippen LogP contribution in [-0.4, -0.2) is 42.4 Å². The first-order chi connectivity index (χ1) is 10.0. The molecule has 0 aromatic carbocycles. The molecule has 4 nitrogen and oxygen atoms in total. The van der Waals surface area contributed by atoms with Crippen LogP contribution in [0.2, 0.25) is 0 Å². The Balaban J connectivity index is 1.70. The van der Waals surface area contributed by atoms with Gasteiger partial charge >= 0.3 is 0 Å². The molecule has 0 aliphatic carbocycles. The van der Waals surface area contributed by atoms with Crippen LogP contribution in [0.15, 0.2) is 11.4 Å². The lowest BCUT2D eigenvalue weighted by Gasteiger charge is -2.29. The van der Waals surface area contributed by atoms with E-state index in [4.69, 9.17) is 9.47 Å².